The van der Waals surface area contributed by atoms with Gasteiger partial charge in [-0.25, -0.2) is 5.48 Å². The molecule has 1 aromatic heterocycles. The Morgan fingerprint density at radius 3 is 1.79 bits per heavy atom. The Hall–Kier alpha value is -6.01. The van der Waals surface area contributed by atoms with Crippen molar-refractivity contribution < 1.29 is 4.84 Å². The number of benzene rings is 8. The third-order valence-electron chi connectivity index (χ3n) is 10.2. The van der Waals surface area contributed by atoms with Gasteiger partial charge in [0, 0.05) is 15.0 Å². The Morgan fingerprint density at radius 2 is 1.16 bits per heavy atom. The molecule has 9 aromatic rings. The van der Waals surface area contributed by atoms with Gasteiger partial charge in [0.25, 0.3) is 0 Å². The molecule has 0 bridgehead atoms. The van der Waals surface area contributed by atoms with Crippen molar-refractivity contribution in [1.29, 1.82) is 0 Å². The van der Waals surface area contributed by atoms with E-state index < -0.39 is 0 Å². The number of para-hydroxylation sites is 2. The fraction of sp³-hybridized carbons (Fsp3) is 0.0980. The smallest absolute Gasteiger partial charge is 0.177 e. The van der Waals surface area contributed by atoms with Crippen LogP contribution in [-0.4, -0.2) is 0 Å². The number of hydrogen-bond donors (Lipinski definition) is 2. The van der Waals surface area contributed by atoms with Crippen LogP contribution in [-0.2, 0) is 0 Å². The van der Waals surface area contributed by atoms with E-state index in [-0.39, 0.29) is 5.25 Å². The SMILES string of the molecule is C/C=C(\SC(C)c1ccc(NOc2ccccc2N)s1)c1ccc2c(-c3ccc4ccccc4c3)c3ccccc3c(-c3ccc4ccccc4c3)c2c1.CC. The van der Waals surface area contributed by atoms with E-state index in [4.69, 9.17) is 10.6 Å². The monoisotopic (exact) mass is 764 g/mol. The van der Waals surface area contributed by atoms with Gasteiger partial charge < -0.3 is 10.6 Å². The predicted octanol–water partition coefficient (Wildman–Crippen LogP) is 15.6. The molecule has 1 heterocycles. The standard InChI is InChI=1S/C49H38N2OS2.C2H6/c1-3-45(53-31(2)46-26-27-47(54-46)51-52-44-19-11-10-18-43(44)50)36-24-25-41-42(30-36)49(38-23-21-33-13-5-7-15-35(33)29-38)40-17-9-8-16-39(40)48(41)37-22-20-32-12-4-6-14-34(32)28-37;1-2/h3-31,51H,50H2,1-2H3;1-2H3/b45-3-;. The summed E-state index contributed by atoms with van der Waals surface area (Å²) in [6, 6.07) is 58.8. The molecule has 0 spiro atoms. The number of nitrogen functional groups attached to an aromatic ring is 1. The van der Waals surface area contributed by atoms with Crippen molar-refractivity contribution in [1.82, 2.24) is 0 Å². The highest BCUT2D eigenvalue weighted by molar-refractivity contribution is 8.08. The van der Waals surface area contributed by atoms with Gasteiger partial charge >= 0.3 is 0 Å². The Balaban J connectivity index is 0.00000217. The summed E-state index contributed by atoms with van der Waals surface area (Å²) >= 11 is 3.58. The highest BCUT2D eigenvalue weighted by Gasteiger charge is 2.20. The number of thioether (sulfide) groups is 1. The van der Waals surface area contributed by atoms with Gasteiger partial charge in [0.05, 0.1) is 5.69 Å². The lowest BCUT2D eigenvalue weighted by Gasteiger charge is -2.20. The Kier molecular flexibility index (Phi) is 10.8. The number of thiophene rings is 1. The number of allylic oxidation sites excluding steroid dienone is 1. The Labute approximate surface area is 337 Å². The summed E-state index contributed by atoms with van der Waals surface area (Å²) < 4.78 is 0. The first-order valence-electron chi connectivity index (χ1n) is 19.2. The highest BCUT2D eigenvalue weighted by atomic mass is 32.2. The summed E-state index contributed by atoms with van der Waals surface area (Å²) in [5.74, 6) is 0.613. The second-order valence-corrected chi connectivity index (χ2v) is 16.0. The van der Waals surface area contributed by atoms with Gasteiger partial charge in [-0.2, -0.15) is 0 Å². The average molecular weight is 765 g/mol. The van der Waals surface area contributed by atoms with Gasteiger partial charge in [0.1, 0.15) is 5.00 Å². The van der Waals surface area contributed by atoms with E-state index in [0.717, 1.165) is 5.00 Å². The maximum absolute atomic E-state index is 6.08. The molecule has 3 N–H and O–H groups in total. The number of anilines is 2. The molecule has 0 amide bonds. The molecule has 1 unspecified atom stereocenters. The van der Waals surface area contributed by atoms with Crippen LogP contribution >= 0.6 is 23.1 Å². The van der Waals surface area contributed by atoms with Gasteiger partial charge in [-0.1, -0.05) is 141 Å². The first kappa shape index (κ1) is 36.9. The minimum atomic E-state index is 0.221. The van der Waals surface area contributed by atoms with Crippen molar-refractivity contribution in [3.63, 3.8) is 0 Å². The van der Waals surface area contributed by atoms with Crippen LogP contribution < -0.4 is 16.1 Å². The third kappa shape index (κ3) is 7.24. The summed E-state index contributed by atoms with van der Waals surface area (Å²) in [7, 11) is 0. The molecule has 8 aromatic carbocycles. The molecule has 0 aliphatic carbocycles. The molecule has 56 heavy (non-hydrogen) atoms. The molecule has 1 atom stereocenters. The molecule has 5 heteroatoms. The summed E-state index contributed by atoms with van der Waals surface area (Å²) in [4.78, 5) is 8.31. The molecule has 9 rings (SSSR count). The number of rotatable bonds is 9. The summed E-state index contributed by atoms with van der Waals surface area (Å²) in [5.41, 5.74) is 15.9. The fourth-order valence-electron chi connectivity index (χ4n) is 7.50. The van der Waals surface area contributed by atoms with Crippen LogP contribution in [0.3, 0.4) is 0 Å². The van der Waals surface area contributed by atoms with Crippen molar-refractivity contribution in [2.45, 2.75) is 32.9 Å². The molecule has 0 fully saturated rings. The first-order valence-corrected chi connectivity index (χ1v) is 20.9. The van der Waals surface area contributed by atoms with Crippen LogP contribution in [0.5, 0.6) is 5.75 Å². The second-order valence-electron chi connectivity index (χ2n) is 13.5. The van der Waals surface area contributed by atoms with E-state index in [1.54, 1.807) is 11.3 Å². The molecule has 0 radical (unpaired) electrons. The van der Waals surface area contributed by atoms with Crippen molar-refractivity contribution in [3.8, 4) is 28.0 Å². The predicted molar refractivity (Wildman–Crippen MR) is 248 cm³/mol. The largest absolute Gasteiger partial charge is 0.396 e. The Bertz CT molecular complexity index is 2870. The number of nitrogens with two attached hydrogens (primary N) is 1. The van der Waals surface area contributed by atoms with Gasteiger partial charge in [0.15, 0.2) is 5.75 Å². The maximum atomic E-state index is 6.08. The molecule has 0 saturated heterocycles. The highest BCUT2D eigenvalue weighted by Crippen LogP contribution is 2.48. The van der Waals surface area contributed by atoms with Crippen LogP contribution in [0.15, 0.2) is 170 Å². The summed E-state index contributed by atoms with van der Waals surface area (Å²) in [5, 5.41) is 11.1. The van der Waals surface area contributed by atoms with E-state index in [9.17, 15) is 0 Å². The van der Waals surface area contributed by atoms with Gasteiger partial charge in [-0.05, 0) is 127 Å². The molecule has 3 nitrogen and oxygen atoms in total. The van der Waals surface area contributed by atoms with Crippen LogP contribution in [0, 0.1) is 0 Å². The minimum absolute atomic E-state index is 0.221. The summed E-state index contributed by atoms with van der Waals surface area (Å²) in [6.45, 7) is 8.41. The molecule has 0 aliphatic rings. The fourth-order valence-corrected chi connectivity index (χ4v) is 9.54. The van der Waals surface area contributed by atoms with E-state index in [1.807, 2.05) is 49.9 Å². The van der Waals surface area contributed by atoms with Crippen LogP contribution in [0.1, 0.15) is 43.4 Å². The zero-order valence-electron chi connectivity index (χ0n) is 32.0. The molecular weight excluding hydrogens is 721 g/mol. The van der Waals surface area contributed by atoms with E-state index >= 15 is 0 Å². The lowest BCUT2D eigenvalue weighted by molar-refractivity contribution is 0.409. The Morgan fingerprint density at radius 1 is 0.607 bits per heavy atom. The molecule has 0 saturated carbocycles. The lowest BCUT2D eigenvalue weighted by atomic mass is 9.84. The van der Waals surface area contributed by atoms with Crippen LogP contribution in [0.25, 0.3) is 70.2 Å². The lowest BCUT2D eigenvalue weighted by Crippen LogP contribution is -2.04. The van der Waals surface area contributed by atoms with Gasteiger partial charge in [0.2, 0.25) is 0 Å². The maximum Gasteiger partial charge on any atom is 0.177 e. The van der Waals surface area contributed by atoms with Crippen molar-refractivity contribution >= 4 is 81.8 Å². The summed E-state index contributed by atoms with van der Waals surface area (Å²) in [6.07, 6.45) is 2.25. The molecular formula is C51H44N2OS2. The quantitative estimate of drug-likeness (QED) is 0.0873. The topological polar surface area (TPSA) is 47.3 Å². The molecule has 276 valence electrons. The second kappa shape index (κ2) is 16.4. The number of hydrogen-bond acceptors (Lipinski definition) is 5. The zero-order chi connectivity index (χ0) is 38.6. The van der Waals surface area contributed by atoms with Crippen LogP contribution in [0.4, 0.5) is 10.7 Å². The number of nitrogens with one attached hydrogen (secondary N) is 1. The average Bonchev–Trinajstić information content (AvgIpc) is 3.74. The van der Waals surface area contributed by atoms with Crippen molar-refractivity contribution in [2.24, 2.45) is 0 Å². The normalized spacial score (nSPS) is 12.1. The van der Waals surface area contributed by atoms with E-state index in [0.29, 0.717) is 11.4 Å². The van der Waals surface area contributed by atoms with Gasteiger partial charge in [-0.15, -0.1) is 23.1 Å². The first-order chi connectivity index (χ1) is 27.5. The molecule has 0 aliphatic heterocycles. The minimum Gasteiger partial charge on any atom is -0.396 e. The number of fused-ring (bicyclic) bond motifs is 4. The van der Waals surface area contributed by atoms with Crippen molar-refractivity contribution in [2.75, 3.05) is 11.2 Å². The third-order valence-corrected chi connectivity index (χ3v) is 12.8. The van der Waals surface area contributed by atoms with Crippen LogP contribution in [0.2, 0.25) is 0 Å². The zero-order valence-corrected chi connectivity index (χ0v) is 33.7. The van der Waals surface area contributed by atoms with E-state index in [1.165, 1.54) is 80.7 Å². The van der Waals surface area contributed by atoms with E-state index in [2.05, 4.69) is 165 Å². The van der Waals surface area contributed by atoms with Crippen molar-refractivity contribution in [3.05, 3.63) is 180 Å². The van der Waals surface area contributed by atoms with Gasteiger partial charge in [-0.3, -0.25) is 0 Å².